The summed E-state index contributed by atoms with van der Waals surface area (Å²) in [4.78, 5) is 23.2. The largest absolute Gasteiger partial charge is 0.393 e. The molecule has 1 atom stereocenters. The molecule has 0 bridgehead atoms. The van der Waals surface area contributed by atoms with Crippen molar-refractivity contribution in [1.82, 2.24) is 5.32 Å². The van der Waals surface area contributed by atoms with Crippen molar-refractivity contribution in [1.29, 1.82) is 0 Å². The molecule has 0 aliphatic heterocycles. The van der Waals surface area contributed by atoms with E-state index in [4.69, 9.17) is 5.11 Å². The van der Waals surface area contributed by atoms with Gasteiger partial charge in [-0.1, -0.05) is 13.0 Å². The second-order valence-corrected chi connectivity index (χ2v) is 4.84. The summed E-state index contributed by atoms with van der Waals surface area (Å²) in [7, 11) is 0. The molecule has 20 heavy (non-hydrogen) atoms. The van der Waals surface area contributed by atoms with E-state index in [1.54, 1.807) is 13.0 Å². The number of rotatable bonds is 5. The molecule has 110 valence electrons. The second kappa shape index (κ2) is 7.65. The Hall–Kier alpha value is -1.88. The lowest BCUT2D eigenvalue weighted by atomic mass is 10.1. The number of anilines is 1. The van der Waals surface area contributed by atoms with Gasteiger partial charge in [-0.15, -0.1) is 0 Å². The number of aryl methyl sites for hydroxylation is 2. The summed E-state index contributed by atoms with van der Waals surface area (Å²) in [6, 6.07) is 5.56. The number of carbonyl (C=O) groups is 2. The van der Waals surface area contributed by atoms with Crippen LogP contribution in [-0.2, 0) is 16.0 Å². The van der Waals surface area contributed by atoms with Gasteiger partial charge in [-0.2, -0.15) is 0 Å². The molecular weight excluding hydrogens is 256 g/mol. The third-order valence-corrected chi connectivity index (χ3v) is 3.04. The summed E-state index contributed by atoms with van der Waals surface area (Å²) in [6.45, 7) is 5.95. The fourth-order valence-corrected chi connectivity index (χ4v) is 1.79. The molecule has 5 heteroatoms. The van der Waals surface area contributed by atoms with Crippen LogP contribution in [0, 0.1) is 6.92 Å². The fraction of sp³-hybridized carbons (Fsp3) is 0.467. The van der Waals surface area contributed by atoms with Gasteiger partial charge in [0.1, 0.15) is 0 Å². The Morgan fingerprint density at radius 3 is 2.60 bits per heavy atom. The summed E-state index contributed by atoms with van der Waals surface area (Å²) in [6.07, 6.45) is 0.794. The Balaban J connectivity index is 2.55. The van der Waals surface area contributed by atoms with Crippen LogP contribution < -0.4 is 10.6 Å². The molecule has 5 nitrogen and oxygen atoms in total. The molecule has 0 radical (unpaired) electrons. The standard InChI is InChI=1S/C15H22N2O3/c1-4-12-9-13(6-5-10(12)2)17-15(20)14(19)16-8-7-11(3)18/h5-6,9,11,18H,4,7-8H2,1-3H3,(H,16,19)(H,17,20). The minimum atomic E-state index is -0.693. The van der Waals surface area contributed by atoms with Crippen molar-refractivity contribution in [3.05, 3.63) is 29.3 Å². The zero-order chi connectivity index (χ0) is 15.1. The zero-order valence-corrected chi connectivity index (χ0v) is 12.2. The van der Waals surface area contributed by atoms with Crippen LogP contribution in [0.2, 0.25) is 0 Å². The van der Waals surface area contributed by atoms with Gasteiger partial charge in [0.25, 0.3) is 0 Å². The lowest BCUT2D eigenvalue weighted by molar-refractivity contribution is -0.136. The summed E-state index contributed by atoms with van der Waals surface area (Å²) in [5.41, 5.74) is 2.91. The molecule has 0 heterocycles. The smallest absolute Gasteiger partial charge is 0.313 e. The van der Waals surface area contributed by atoms with Crippen LogP contribution in [-0.4, -0.2) is 29.6 Å². The average Bonchev–Trinajstić information content (AvgIpc) is 2.40. The first-order chi connectivity index (χ1) is 9.43. The normalized spacial score (nSPS) is 11.8. The van der Waals surface area contributed by atoms with E-state index in [-0.39, 0.29) is 6.54 Å². The number of aliphatic hydroxyl groups is 1. The van der Waals surface area contributed by atoms with E-state index in [1.807, 2.05) is 26.0 Å². The molecule has 0 aliphatic carbocycles. The molecule has 1 aromatic carbocycles. The van der Waals surface area contributed by atoms with E-state index >= 15 is 0 Å². The number of benzene rings is 1. The number of amides is 2. The first-order valence-corrected chi connectivity index (χ1v) is 6.80. The molecule has 0 spiro atoms. The maximum Gasteiger partial charge on any atom is 0.313 e. The van der Waals surface area contributed by atoms with Gasteiger partial charge in [0.05, 0.1) is 6.10 Å². The van der Waals surface area contributed by atoms with Gasteiger partial charge in [0, 0.05) is 12.2 Å². The average molecular weight is 278 g/mol. The van der Waals surface area contributed by atoms with Gasteiger partial charge >= 0.3 is 11.8 Å². The number of nitrogens with one attached hydrogen (secondary N) is 2. The van der Waals surface area contributed by atoms with Crippen LogP contribution in [0.25, 0.3) is 0 Å². The van der Waals surface area contributed by atoms with Gasteiger partial charge in [-0.3, -0.25) is 9.59 Å². The molecule has 1 rings (SSSR count). The molecule has 2 amide bonds. The molecule has 0 fully saturated rings. The van der Waals surface area contributed by atoms with E-state index in [0.29, 0.717) is 12.1 Å². The van der Waals surface area contributed by atoms with Crippen LogP contribution >= 0.6 is 0 Å². The Kier molecular flexibility index (Phi) is 6.18. The van der Waals surface area contributed by atoms with Crippen LogP contribution in [0.3, 0.4) is 0 Å². The van der Waals surface area contributed by atoms with E-state index in [0.717, 1.165) is 17.5 Å². The molecule has 0 saturated carbocycles. The van der Waals surface area contributed by atoms with Gasteiger partial charge in [0.15, 0.2) is 0 Å². The maximum atomic E-state index is 11.7. The molecular formula is C15H22N2O3. The van der Waals surface area contributed by atoms with Crippen molar-refractivity contribution in [2.45, 2.75) is 39.7 Å². The third kappa shape index (κ3) is 5.01. The summed E-state index contributed by atoms with van der Waals surface area (Å²) >= 11 is 0. The van der Waals surface area contributed by atoms with Crippen LogP contribution in [0.1, 0.15) is 31.4 Å². The minimum absolute atomic E-state index is 0.276. The Bertz CT molecular complexity index is 484. The minimum Gasteiger partial charge on any atom is -0.393 e. The van der Waals surface area contributed by atoms with Gasteiger partial charge in [0.2, 0.25) is 0 Å². The van der Waals surface area contributed by atoms with Crippen LogP contribution in [0.4, 0.5) is 5.69 Å². The summed E-state index contributed by atoms with van der Waals surface area (Å²) in [5.74, 6) is -1.38. The number of aliphatic hydroxyl groups excluding tert-OH is 1. The number of hydrogen-bond acceptors (Lipinski definition) is 3. The Labute approximate surface area is 119 Å². The lowest BCUT2D eigenvalue weighted by Crippen LogP contribution is -2.36. The molecule has 1 aromatic rings. The first-order valence-electron chi connectivity index (χ1n) is 6.80. The Morgan fingerprint density at radius 1 is 1.30 bits per heavy atom. The fourth-order valence-electron chi connectivity index (χ4n) is 1.79. The number of carbonyl (C=O) groups excluding carboxylic acids is 2. The van der Waals surface area contributed by atoms with Crippen molar-refractivity contribution in [2.24, 2.45) is 0 Å². The highest BCUT2D eigenvalue weighted by Gasteiger charge is 2.13. The van der Waals surface area contributed by atoms with Crippen LogP contribution in [0.5, 0.6) is 0 Å². The molecule has 0 saturated heterocycles. The number of hydrogen-bond donors (Lipinski definition) is 3. The highest BCUT2D eigenvalue weighted by atomic mass is 16.3. The second-order valence-electron chi connectivity index (χ2n) is 4.84. The van der Waals surface area contributed by atoms with Crippen molar-refractivity contribution < 1.29 is 14.7 Å². The predicted molar refractivity (Wildman–Crippen MR) is 78.5 cm³/mol. The lowest BCUT2D eigenvalue weighted by Gasteiger charge is -2.09. The quantitative estimate of drug-likeness (QED) is 0.712. The van der Waals surface area contributed by atoms with E-state index < -0.39 is 17.9 Å². The SMILES string of the molecule is CCc1cc(NC(=O)C(=O)NCCC(C)O)ccc1C. The van der Waals surface area contributed by atoms with Crippen molar-refractivity contribution >= 4 is 17.5 Å². The molecule has 0 aromatic heterocycles. The van der Waals surface area contributed by atoms with E-state index in [2.05, 4.69) is 10.6 Å². The maximum absolute atomic E-state index is 11.7. The molecule has 1 unspecified atom stereocenters. The van der Waals surface area contributed by atoms with Crippen LogP contribution in [0.15, 0.2) is 18.2 Å². The topological polar surface area (TPSA) is 78.4 Å². The highest BCUT2D eigenvalue weighted by Crippen LogP contribution is 2.15. The van der Waals surface area contributed by atoms with Crippen molar-refractivity contribution in [3.63, 3.8) is 0 Å². The predicted octanol–water partition coefficient (Wildman–Crippen LogP) is 1.38. The van der Waals surface area contributed by atoms with E-state index in [1.165, 1.54) is 0 Å². The summed E-state index contributed by atoms with van der Waals surface area (Å²) < 4.78 is 0. The zero-order valence-electron chi connectivity index (χ0n) is 12.2. The third-order valence-electron chi connectivity index (χ3n) is 3.04. The highest BCUT2D eigenvalue weighted by molar-refractivity contribution is 6.39. The monoisotopic (exact) mass is 278 g/mol. The van der Waals surface area contributed by atoms with Gasteiger partial charge < -0.3 is 15.7 Å². The molecule has 0 aliphatic rings. The van der Waals surface area contributed by atoms with Crippen molar-refractivity contribution in [3.8, 4) is 0 Å². The summed E-state index contributed by atoms with van der Waals surface area (Å²) in [5, 5.41) is 14.1. The van der Waals surface area contributed by atoms with Crippen molar-refractivity contribution in [2.75, 3.05) is 11.9 Å². The molecule has 3 N–H and O–H groups in total. The van der Waals surface area contributed by atoms with Gasteiger partial charge in [-0.05, 0) is 49.9 Å². The van der Waals surface area contributed by atoms with E-state index in [9.17, 15) is 9.59 Å². The first kappa shape index (κ1) is 16.2. The Morgan fingerprint density at radius 2 is 2.00 bits per heavy atom. The van der Waals surface area contributed by atoms with Gasteiger partial charge in [-0.25, -0.2) is 0 Å².